The molecule has 3 N–H and O–H groups in total. The quantitative estimate of drug-likeness (QED) is 0.797. The first-order chi connectivity index (χ1) is 13.4. The Hall–Kier alpha value is -2.08. The van der Waals surface area contributed by atoms with Crippen molar-refractivity contribution < 1.29 is 9.59 Å². The van der Waals surface area contributed by atoms with Gasteiger partial charge in [0.1, 0.15) is 5.54 Å². The van der Waals surface area contributed by atoms with E-state index in [1.54, 1.807) is 6.07 Å². The van der Waals surface area contributed by atoms with Gasteiger partial charge >= 0.3 is 0 Å². The van der Waals surface area contributed by atoms with Gasteiger partial charge < -0.3 is 11.1 Å². The molecule has 0 radical (unpaired) electrons. The van der Waals surface area contributed by atoms with Crippen LogP contribution in [0.3, 0.4) is 0 Å². The van der Waals surface area contributed by atoms with Crippen molar-refractivity contribution in [3.63, 3.8) is 0 Å². The summed E-state index contributed by atoms with van der Waals surface area (Å²) in [6.45, 7) is 1.23. The van der Waals surface area contributed by atoms with E-state index in [-0.39, 0.29) is 17.7 Å². The van der Waals surface area contributed by atoms with Crippen molar-refractivity contribution in [1.82, 2.24) is 4.90 Å². The standard InChI is InChI=1S/C21H21Cl2N3O2/c22-15-3-1-2-13(10-15)12-21(26-8-6-14(7-9-26)19(24)27)17-5-4-16(23)11-18(17)25-20(21)28/h1-5,10-11,14H,6-9,12H2,(H2,24,27)(H,25,28). The molecule has 0 saturated carbocycles. The van der Waals surface area contributed by atoms with E-state index in [0.29, 0.717) is 42.4 Å². The van der Waals surface area contributed by atoms with Gasteiger partial charge in [-0.25, -0.2) is 0 Å². The number of likely N-dealkylation sites (tertiary alicyclic amines) is 1. The van der Waals surface area contributed by atoms with Crippen molar-refractivity contribution in [2.24, 2.45) is 11.7 Å². The van der Waals surface area contributed by atoms with E-state index in [0.717, 1.165) is 16.8 Å². The lowest BCUT2D eigenvalue weighted by molar-refractivity contribution is -0.130. The molecular formula is C21H21Cl2N3O2. The van der Waals surface area contributed by atoms with Gasteiger partial charge in [-0.05, 0) is 42.7 Å². The van der Waals surface area contributed by atoms with Crippen LogP contribution in [0.4, 0.5) is 5.69 Å². The van der Waals surface area contributed by atoms with Crippen molar-refractivity contribution in [3.05, 3.63) is 63.6 Å². The molecule has 1 unspecified atom stereocenters. The Bertz CT molecular complexity index is 941. The Morgan fingerprint density at radius 1 is 1.14 bits per heavy atom. The fourth-order valence-electron chi connectivity index (χ4n) is 4.42. The van der Waals surface area contributed by atoms with Gasteiger partial charge in [0.05, 0.1) is 0 Å². The van der Waals surface area contributed by atoms with Gasteiger partial charge in [-0.15, -0.1) is 0 Å². The lowest BCUT2D eigenvalue weighted by atomic mass is 9.80. The minimum Gasteiger partial charge on any atom is -0.369 e. The number of nitrogens with zero attached hydrogens (tertiary/aromatic N) is 1. The fraction of sp³-hybridized carbons (Fsp3) is 0.333. The molecule has 2 aromatic carbocycles. The lowest BCUT2D eigenvalue weighted by Crippen LogP contribution is -2.55. The maximum Gasteiger partial charge on any atom is 0.249 e. The molecule has 0 bridgehead atoms. The first-order valence-corrected chi connectivity index (χ1v) is 10.1. The summed E-state index contributed by atoms with van der Waals surface area (Å²) in [6, 6.07) is 13.1. The van der Waals surface area contributed by atoms with Crippen LogP contribution >= 0.6 is 23.2 Å². The minimum atomic E-state index is -0.868. The zero-order valence-corrected chi connectivity index (χ0v) is 16.8. The number of nitrogens with two attached hydrogens (primary N) is 1. The molecule has 2 aromatic rings. The van der Waals surface area contributed by atoms with Gasteiger partial charge in [-0.1, -0.05) is 41.4 Å². The second-order valence-corrected chi connectivity index (χ2v) is 8.35. The predicted molar refractivity (Wildman–Crippen MR) is 110 cm³/mol. The average molecular weight is 418 g/mol. The molecule has 146 valence electrons. The smallest absolute Gasteiger partial charge is 0.249 e. The number of piperidine rings is 1. The highest BCUT2D eigenvalue weighted by atomic mass is 35.5. The van der Waals surface area contributed by atoms with Crippen molar-refractivity contribution in [2.45, 2.75) is 24.8 Å². The molecule has 0 aromatic heterocycles. The molecule has 5 nitrogen and oxygen atoms in total. The minimum absolute atomic E-state index is 0.0812. The first kappa shape index (κ1) is 19.2. The van der Waals surface area contributed by atoms with Crippen LogP contribution in [0.15, 0.2) is 42.5 Å². The van der Waals surface area contributed by atoms with E-state index in [2.05, 4.69) is 10.2 Å². The second-order valence-electron chi connectivity index (χ2n) is 7.47. The van der Waals surface area contributed by atoms with E-state index >= 15 is 0 Å². The summed E-state index contributed by atoms with van der Waals surface area (Å²) in [6.07, 6.45) is 1.76. The lowest BCUT2D eigenvalue weighted by Gasteiger charge is -2.43. The van der Waals surface area contributed by atoms with E-state index in [1.807, 2.05) is 36.4 Å². The summed E-state index contributed by atoms with van der Waals surface area (Å²) in [7, 11) is 0. The molecule has 7 heteroatoms. The van der Waals surface area contributed by atoms with Crippen molar-refractivity contribution in [2.75, 3.05) is 18.4 Å². The Kier molecular flexibility index (Phi) is 5.08. The molecule has 1 fully saturated rings. The first-order valence-electron chi connectivity index (χ1n) is 9.30. The van der Waals surface area contributed by atoms with Crippen molar-refractivity contribution >= 4 is 40.7 Å². The van der Waals surface area contributed by atoms with E-state index in [1.165, 1.54) is 0 Å². The molecule has 2 heterocycles. The number of rotatable bonds is 4. The van der Waals surface area contributed by atoms with E-state index < -0.39 is 5.54 Å². The van der Waals surface area contributed by atoms with Gasteiger partial charge in [-0.3, -0.25) is 14.5 Å². The highest BCUT2D eigenvalue weighted by molar-refractivity contribution is 6.31. The third kappa shape index (κ3) is 3.28. The van der Waals surface area contributed by atoms with Crippen LogP contribution in [0.1, 0.15) is 24.0 Å². The number of hydrogen-bond acceptors (Lipinski definition) is 3. The van der Waals surface area contributed by atoms with Gasteiger partial charge in [0.15, 0.2) is 0 Å². The number of carbonyl (C=O) groups is 2. The van der Waals surface area contributed by atoms with E-state index in [9.17, 15) is 9.59 Å². The highest BCUT2D eigenvalue weighted by Gasteiger charge is 2.52. The van der Waals surface area contributed by atoms with E-state index in [4.69, 9.17) is 28.9 Å². The largest absolute Gasteiger partial charge is 0.369 e. The summed E-state index contributed by atoms with van der Waals surface area (Å²) in [5.41, 5.74) is 7.24. The van der Waals surface area contributed by atoms with Crippen LogP contribution in [-0.2, 0) is 21.5 Å². The third-order valence-corrected chi connectivity index (χ3v) is 6.31. The molecule has 28 heavy (non-hydrogen) atoms. The monoisotopic (exact) mass is 417 g/mol. The number of carbonyl (C=O) groups excluding carboxylic acids is 2. The zero-order chi connectivity index (χ0) is 19.9. The average Bonchev–Trinajstić information content (AvgIpc) is 2.93. The fourth-order valence-corrected chi connectivity index (χ4v) is 4.80. The van der Waals surface area contributed by atoms with Gasteiger partial charge in [0.2, 0.25) is 11.8 Å². The maximum atomic E-state index is 13.3. The molecule has 1 atom stereocenters. The number of amides is 2. The molecule has 0 aliphatic carbocycles. The van der Waals surface area contributed by atoms with Gasteiger partial charge in [0.25, 0.3) is 0 Å². The topological polar surface area (TPSA) is 75.4 Å². The summed E-state index contributed by atoms with van der Waals surface area (Å²) in [5, 5.41) is 4.21. The zero-order valence-electron chi connectivity index (χ0n) is 15.3. The Balaban J connectivity index is 1.77. The summed E-state index contributed by atoms with van der Waals surface area (Å²) < 4.78 is 0. The SMILES string of the molecule is NC(=O)C1CCN(C2(Cc3cccc(Cl)c3)C(=O)Nc3cc(Cl)ccc32)CC1. The maximum absolute atomic E-state index is 13.3. The van der Waals surface area contributed by atoms with Crippen LogP contribution in [0.2, 0.25) is 10.0 Å². The molecule has 2 amide bonds. The highest BCUT2D eigenvalue weighted by Crippen LogP contribution is 2.45. The third-order valence-electron chi connectivity index (χ3n) is 5.84. The molecule has 1 saturated heterocycles. The van der Waals surface area contributed by atoms with Crippen LogP contribution in [0, 0.1) is 5.92 Å². The Morgan fingerprint density at radius 2 is 1.86 bits per heavy atom. The number of fused-ring (bicyclic) bond motifs is 1. The molecule has 2 aliphatic heterocycles. The Morgan fingerprint density at radius 3 is 2.54 bits per heavy atom. The molecular weight excluding hydrogens is 397 g/mol. The normalized spacial score (nSPS) is 22.7. The predicted octanol–water partition coefficient (Wildman–Crippen LogP) is 3.58. The molecule has 0 spiro atoms. The number of benzene rings is 2. The number of nitrogens with one attached hydrogen (secondary N) is 1. The molecule has 4 rings (SSSR count). The van der Waals surface area contributed by atoms with Crippen molar-refractivity contribution in [1.29, 1.82) is 0 Å². The number of primary amides is 1. The van der Waals surface area contributed by atoms with Crippen LogP contribution < -0.4 is 11.1 Å². The number of hydrogen-bond donors (Lipinski definition) is 2. The summed E-state index contributed by atoms with van der Waals surface area (Å²) >= 11 is 12.3. The Labute approximate surface area is 173 Å². The van der Waals surface area contributed by atoms with Crippen LogP contribution in [-0.4, -0.2) is 29.8 Å². The van der Waals surface area contributed by atoms with Crippen LogP contribution in [0.5, 0.6) is 0 Å². The van der Waals surface area contributed by atoms with Gasteiger partial charge in [-0.2, -0.15) is 0 Å². The van der Waals surface area contributed by atoms with Crippen LogP contribution in [0.25, 0.3) is 0 Å². The van der Waals surface area contributed by atoms with Gasteiger partial charge in [0, 0.05) is 46.7 Å². The summed E-state index contributed by atoms with van der Waals surface area (Å²) in [5.74, 6) is -0.498. The van der Waals surface area contributed by atoms with Crippen molar-refractivity contribution in [3.8, 4) is 0 Å². The summed E-state index contributed by atoms with van der Waals surface area (Å²) in [4.78, 5) is 27.1. The molecule has 2 aliphatic rings. The second kappa shape index (κ2) is 7.39. The number of halogens is 2. The number of anilines is 1.